The molecule has 1 amide bonds. The van der Waals surface area contributed by atoms with Gasteiger partial charge in [-0.05, 0) is 12.1 Å². The molecule has 1 unspecified atom stereocenters. The number of aliphatic hydroxyl groups is 1. The monoisotopic (exact) mass is 433 g/mol. The largest absolute Gasteiger partial charge is 0.695 e. The van der Waals surface area contributed by atoms with E-state index in [4.69, 9.17) is 15.0 Å². The van der Waals surface area contributed by atoms with Crippen LogP contribution in [0, 0.1) is 0 Å². The zero-order chi connectivity index (χ0) is 21.3. The molecule has 1 saturated heterocycles. The molecule has 5 N–H and O–H groups in total. The van der Waals surface area contributed by atoms with Gasteiger partial charge < -0.3 is 20.9 Å². The number of fused-ring (bicyclic) bond motifs is 1. The first kappa shape index (κ1) is 20.4. The number of amides is 1. The molecule has 0 bridgehead atoms. The van der Waals surface area contributed by atoms with Crippen LogP contribution in [0.1, 0.15) is 16.6 Å². The second kappa shape index (κ2) is 8.48. The van der Waals surface area contributed by atoms with Crippen molar-refractivity contribution in [3.63, 3.8) is 0 Å². The third-order valence-corrected chi connectivity index (χ3v) is 5.12. The predicted octanol–water partition coefficient (Wildman–Crippen LogP) is 0.330. The maximum atomic E-state index is 12.5. The van der Waals surface area contributed by atoms with Gasteiger partial charge in [0.25, 0.3) is 5.91 Å². The lowest BCUT2D eigenvalue weighted by Gasteiger charge is -2.16. The van der Waals surface area contributed by atoms with Crippen LogP contribution in [0.2, 0.25) is 0 Å². The molecule has 0 radical (unpaired) electrons. The number of nitrogens with two attached hydrogens (primary N) is 1. The molecule has 30 heavy (non-hydrogen) atoms. The highest BCUT2D eigenvalue weighted by molar-refractivity contribution is 7.32. The molecule has 3 heterocycles. The summed E-state index contributed by atoms with van der Waals surface area (Å²) in [6.07, 6.45) is -0.213. The average Bonchev–Trinajstić information content (AvgIpc) is 3.30. The Balaban J connectivity index is 1.67. The van der Waals surface area contributed by atoms with Gasteiger partial charge in [-0.2, -0.15) is 0 Å². The van der Waals surface area contributed by atoms with Gasteiger partial charge in [0.2, 0.25) is 0 Å². The number of imidazole rings is 1. The highest BCUT2D eigenvalue weighted by Crippen LogP contribution is 2.37. The van der Waals surface area contributed by atoms with Crippen molar-refractivity contribution in [1.82, 2.24) is 19.5 Å². The van der Waals surface area contributed by atoms with E-state index in [2.05, 4.69) is 20.3 Å². The number of rotatable bonds is 6. The molecular formula is C17H18N6O6P+. The lowest BCUT2D eigenvalue weighted by molar-refractivity contribution is -0.0443. The van der Waals surface area contributed by atoms with Gasteiger partial charge in [-0.15, -0.1) is 9.42 Å². The zero-order valence-electron chi connectivity index (χ0n) is 15.4. The molecule has 0 aliphatic carbocycles. The van der Waals surface area contributed by atoms with Gasteiger partial charge in [-0.3, -0.25) is 9.36 Å². The van der Waals surface area contributed by atoms with Crippen molar-refractivity contribution in [3.8, 4) is 0 Å². The Kier molecular flexibility index (Phi) is 5.77. The summed E-state index contributed by atoms with van der Waals surface area (Å²) in [4.78, 5) is 34.2. The van der Waals surface area contributed by atoms with Crippen LogP contribution in [0.25, 0.3) is 11.2 Å². The molecule has 1 aromatic carbocycles. The van der Waals surface area contributed by atoms with E-state index < -0.39 is 39.3 Å². The molecule has 156 valence electrons. The minimum atomic E-state index is -2.97. The van der Waals surface area contributed by atoms with Crippen LogP contribution in [-0.4, -0.2) is 60.3 Å². The van der Waals surface area contributed by atoms with E-state index in [0.29, 0.717) is 5.56 Å². The third kappa shape index (κ3) is 3.79. The number of anilines is 1. The van der Waals surface area contributed by atoms with Gasteiger partial charge in [-0.1, -0.05) is 18.2 Å². The summed E-state index contributed by atoms with van der Waals surface area (Å²) in [5, 5.41) is 12.2. The number of nitrogens with one attached hydrogen (secondary N) is 1. The number of hydrogen-bond donors (Lipinski definition) is 4. The minimum Gasteiger partial charge on any atom is -0.394 e. The Hall–Kier alpha value is -2.86. The Labute approximate surface area is 170 Å². The molecule has 1 aliphatic heterocycles. The number of aromatic nitrogens is 4. The number of nitrogens with zero attached hydrogens (tertiary/aromatic N) is 4. The first-order valence-corrected chi connectivity index (χ1v) is 10.0. The fourth-order valence-electron chi connectivity index (χ4n) is 3.26. The molecule has 3 aromatic rings. The Morgan fingerprint density at radius 1 is 1.30 bits per heavy atom. The maximum Gasteiger partial charge on any atom is 0.695 e. The Bertz CT molecular complexity index is 1080. The second-order valence-electron chi connectivity index (χ2n) is 6.50. The standard InChI is InChI=1S/C17H17N6O6P/c18-11-10(6-24)28-17(13(11)29-30(26)27)23-8-21-12-14(19-7-20-15(12)23)22-16(25)9-4-2-1-3-5-9/h1-5,7-8,10-11,13,17,24H,6,18H2,(H-,19,20,22,25,26,27)/p+1/t10-,11-,13-,17-/m1/s1. The molecule has 0 saturated carbocycles. The van der Waals surface area contributed by atoms with Crippen molar-refractivity contribution in [2.45, 2.75) is 24.5 Å². The Morgan fingerprint density at radius 2 is 2.07 bits per heavy atom. The van der Waals surface area contributed by atoms with Crippen LogP contribution in [0.5, 0.6) is 0 Å². The number of carbonyl (C=O) groups is 1. The smallest absolute Gasteiger partial charge is 0.394 e. The summed E-state index contributed by atoms with van der Waals surface area (Å²) < 4.78 is 23.4. The van der Waals surface area contributed by atoms with Gasteiger partial charge in [0.1, 0.15) is 12.4 Å². The molecule has 1 fully saturated rings. The summed E-state index contributed by atoms with van der Waals surface area (Å²) in [6, 6.07) is 7.74. The lowest BCUT2D eigenvalue weighted by atomic mass is 10.1. The summed E-state index contributed by atoms with van der Waals surface area (Å²) in [5.74, 6) is -0.192. The van der Waals surface area contributed by atoms with Crippen LogP contribution in [0.4, 0.5) is 5.82 Å². The zero-order valence-corrected chi connectivity index (χ0v) is 16.3. The fourth-order valence-corrected chi connectivity index (χ4v) is 3.72. The molecule has 12 nitrogen and oxygen atoms in total. The van der Waals surface area contributed by atoms with Gasteiger partial charge in [-0.25, -0.2) is 15.0 Å². The fraction of sp³-hybridized carbons (Fsp3) is 0.294. The summed E-state index contributed by atoms with van der Waals surface area (Å²) >= 11 is 0. The molecule has 1 aliphatic rings. The number of carbonyl (C=O) groups excluding carboxylic acids is 1. The molecule has 4 rings (SSSR count). The molecule has 2 aromatic heterocycles. The second-order valence-corrected chi connectivity index (χ2v) is 7.19. The van der Waals surface area contributed by atoms with Crippen molar-refractivity contribution in [3.05, 3.63) is 48.5 Å². The van der Waals surface area contributed by atoms with Crippen LogP contribution in [0.3, 0.4) is 0 Å². The van der Waals surface area contributed by atoms with Crippen LogP contribution in [0.15, 0.2) is 43.0 Å². The van der Waals surface area contributed by atoms with E-state index in [1.807, 2.05) is 0 Å². The number of benzene rings is 1. The van der Waals surface area contributed by atoms with Crippen LogP contribution in [-0.2, 0) is 13.8 Å². The highest BCUT2D eigenvalue weighted by atomic mass is 31.1. The number of hydrogen-bond acceptors (Lipinski definition) is 9. The van der Waals surface area contributed by atoms with Crippen molar-refractivity contribution in [2.75, 3.05) is 11.9 Å². The summed E-state index contributed by atoms with van der Waals surface area (Å²) in [6.45, 7) is -0.403. The van der Waals surface area contributed by atoms with Crippen molar-refractivity contribution < 1.29 is 28.6 Å². The summed E-state index contributed by atoms with van der Waals surface area (Å²) in [7, 11) is -2.97. The van der Waals surface area contributed by atoms with E-state index in [9.17, 15) is 19.4 Å². The normalized spacial score (nSPS) is 24.2. The van der Waals surface area contributed by atoms with E-state index in [-0.39, 0.29) is 22.9 Å². The first-order chi connectivity index (χ1) is 14.5. The molecular weight excluding hydrogens is 415 g/mol. The van der Waals surface area contributed by atoms with Crippen molar-refractivity contribution in [2.24, 2.45) is 5.73 Å². The van der Waals surface area contributed by atoms with E-state index in [1.54, 1.807) is 30.3 Å². The minimum absolute atomic E-state index is 0.180. The number of aliphatic hydroxyl groups excluding tert-OH is 1. The lowest BCUT2D eigenvalue weighted by Crippen LogP contribution is -2.41. The summed E-state index contributed by atoms with van der Waals surface area (Å²) in [5.41, 5.74) is 7.01. The molecule has 0 spiro atoms. The van der Waals surface area contributed by atoms with Gasteiger partial charge in [0.05, 0.1) is 19.0 Å². The van der Waals surface area contributed by atoms with Gasteiger partial charge in [0.15, 0.2) is 29.3 Å². The van der Waals surface area contributed by atoms with E-state index in [1.165, 1.54) is 17.2 Å². The predicted molar refractivity (Wildman–Crippen MR) is 103 cm³/mol. The topological polar surface area (TPSA) is 175 Å². The van der Waals surface area contributed by atoms with Crippen molar-refractivity contribution in [1.29, 1.82) is 0 Å². The van der Waals surface area contributed by atoms with E-state index in [0.717, 1.165) is 0 Å². The third-order valence-electron chi connectivity index (χ3n) is 4.70. The Morgan fingerprint density at radius 3 is 2.77 bits per heavy atom. The first-order valence-electron chi connectivity index (χ1n) is 8.88. The van der Waals surface area contributed by atoms with E-state index >= 15 is 0 Å². The van der Waals surface area contributed by atoms with Gasteiger partial charge in [0, 0.05) is 10.1 Å². The SMILES string of the molecule is N[C@H]1[C@@H](O[P+](=O)O)[C@H](n2cnc3c(NC(=O)c4ccccc4)ncnc32)O[C@@H]1CO. The highest BCUT2D eigenvalue weighted by Gasteiger charge is 2.49. The molecule has 13 heteroatoms. The quantitative estimate of drug-likeness (QED) is 0.397. The van der Waals surface area contributed by atoms with Gasteiger partial charge >= 0.3 is 8.25 Å². The van der Waals surface area contributed by atoms with Crippen LogP contribution >= 0.6 is 8.25 Å². The van der Waals surface area contributed by atoms with Crippen molar-refractivity contribution >= 4 is 31.1 Å². The average molecular weight is 433 g/mol. The maximum absolute atomic E-state index is 12.5. The molecule has 5 atom stereocenters. The number of ether oxygens (including phenoxy) is 1. The van der Waals surface area contributed by atoms with Crippen LogP contribution < -0.4 is 11.1 Å².